The van der Waals surface area contributed by atoms with Crippen LogP contribution in [0.3, 0.4) is 0 Å². The summed E-state index contributed by atoms with van der Waals surface area (Å²) in [5, 5.41) is 0. The largest absolute Gasteiger partial charge is 0.397 e. The van der Waals surface area contributed by atoms with Gasteiger partial charge < -0.3 is 5.73 Å². The number of nitrogens with two attached hydrogens (primary N) is 1. The molecule has 88 valence electrons. The molecule has 1 aromatic rings. The van der Waals surface area contributed by atoms with E-state index in [4.69, 9.17) is 5.73 Å². The maximum Gasteiger partial charge on any atom is 0.236 e. The molecule has 0 aliphatic heterocycles. The number of nitrogen functional groups attached to an aromatic ring is 1. The van der Waals surface area contributed by atoms with E-state index < -0.39 is 10.0 Å². The van der Waals surface area contributed by atoms with Gasteiger partial charge in [-0.2, -0.15) is 0 Å². The van der Waals surface area contributed by atoms with Gasteiger partial charge in [-0.3, -0.25) is 4.31 Å². The number of hydrogen-bond acceptors (Lipinski definition) is 4. The Hall–Kier alpha value is -1.30. The van der Waals surface area contributed by atoms with Gasteiger partial charge >= 0.3 is 0 Å². The quantitative estimate of drug-likeness (QED) is 0.852. The first-order chi connectivity index (χ1) is 7.54. The molecule has 0 amide bonds. The van der Waals surface area contributed by atoms with Crippen molar-refractivity contribution in [3.8, 4) is 0 Å². The minimum Gasteiger partial charge on any atom is -0.397 e. The van der Waals surface area contributed by atoms with Crippen LogP contribution < -0.4 is 10.0 Å². The van der Waals surface area contributed by atoms with Crippen molar-refractivity contribution in [3.05, 3.63) is 18.3 Å². The highest BCUT2D eigenvalue weighted by molar-refractivity contribution is 7.92. The molecule has 1 fully saturated rings. The van der Waals surface area contributed by atoms with Gasteiger partial charge in [-0.05, 0) is 31.9 Å². The van der Waals surface area contributed by atoms with E-state index in [1.165, 1.54) is 10.5 Å². The van der Waals surface area contributed by atoms with Crippen LogP contribution in [0.4, 0.5) is 11.5 Å². The van der Waals surface area contributed by atoms with Gasteiger partial charge in [0.1, 0.15) is 5.82 Å². The lowest BCUT2D eigenvalue weighted by Crippen LogP contribution is -2.34. The number of aromatic nitrogens is 1. The number of nitrogens with zero attached hydrogens (tertiary/aromatic N) is 2. The lowest BCUT2D eigenvalue weighted by Gasteiger charge is -2.22. The van der Waals surface area contributed by atoms with Gasteiger partial charge in [0, 0.05) is 6.04 Å². The molecular formula is C10H15N3O2S. The minimum atomic E-state index is -3.23. The molecule has 6 heteroatoms. The second-order valence-electron chi connectivity index (χ2n) is 3.88. The normalized spacial score (nSPS) is 16.1. The summed E-state index contributed by atoms with van der Waals surface area (Å²) in [4.78, 5) is 4.08. The average Bonchev–Trinajstić information content (AvgIpc) is 3.05. The van der Waals surface area contributed by atoms with Crippen molar-refractivity contribution in [1.82, 2.24) is 4.98 Å². The summed E-state index contributed by atoms with van der Waals surface area (Å²) in [7, 11) is -3.23. The summed E-state index contributed by atoms with van der Waals surface area (Å²) in [5.41, 5.74) is 6.07. The fourth-order valence-electron chi connectivity index (χ4n) is 1.53. The Kier molecular flexibility index (Phi) is 2.75. The Labute approximate surface area is 95.3 Å². The van der Waals surface area contributed by atoms with Crippen LogP contribution >= 0.6 is 0 Å². The lowest BCUT2D eigenvalue weighted by atomic mass is 10.4. The van der Waals surface area contributed by atoms with Crippen LogP contribution in [0.5, 0.6) is 0 Å². The van der Waals surface area contributed by atoms with Crippen molar-refractivity contribution in [1.29, 1.82) is 0 Å². The van der Waals surface area contributed by atoms with Crippen molar-refractivity contribution in [3.63, 3.8) is 0 Å². The van der Waals surface area contributed by atoms with E-state index >= 15 is 0 Å². The van der Waals surface area contributed by atoms with Crippen LogP contribution in [0.15, 0.2) is 18.3 Å². The maximum absolute atomic E-state index is 11.9. The van der Waals surface area contributed by atoms with E-state index in [1.807, 2.05) is 0 Å². The molecule has 0 radical (unpaired) electrons. The maximum atomic E-state index is 11.9. The third-order valence-electron chi connectivity index (χ3n) is 2.54. The molecule has 16 heavy (non-hydrogen) atoms. The molecule has 5 nitrogen and oxygen atoms in total. The van der Waals surface area contributed by atoms with E-state index in [0.717, 1.165) is 12.8 Å². The molecule has 1 heterocycles. The van der Waals surface area contributed by atoms with Crippen molar-refractivity contribution >= 4 is 21.5 Å². The van der Waals surface area contributed by atoms with Crippen molar-refractivity contribution in [2.24, 2.45) is 0 Å². The molecule has 0 spiro atoms. The predicted molar refractivity (Wildman–Crippen MR) is 63.6 cm³/mol. The van der Waals surface area contributed by atoms with Crippen LogP contribution in [0.1, 0.15) is 19.8 Å². The van der Waals surface area contributed by atoms with Gasteiger partial charge in [0.2, 0.25) is 10.0 Å². The molecule has 1 aliphatic rings. The number of hydrogen-bond donors (Lipinski definition) is 1. The third kappa shape index (κ3) is 2.11. The van der Waals surface area contributed by atoms with Crippen LogP contribution in [0, 0.1) is 0 Å². The van der Waals surface area contributed by atoms with Crippen LogP contribution in [-0.4, -0.2) is 25.2 Å². The third-order valence-corrected chi connectivity index (χ3v) is 4.35. The standard InChI is InChI=1S/C10H15N3O2S/c1-2-16(14,15)13(9-4-5-9)10-6-3-8(11)7-12-10/h3,6-7,9H,2,4-5,11H2,1H3. The molecule has 0 aromatic carbocycles. The SMILES string of the molecule is CCS(=O)(=O)N(c1ccc(N)cn1)C1CC1. The Bertz CT molecular complexity index is 465. The van der Waals surface area contributed by atoms with Gasteiger partial charge in [-0.25, -0.2) is 13.4 Å². The Morgan fingerprint density at radius 1 is 1.50 bits per heavy atom. The monoisotopic (exact) mass is 241 g/mol. The van der Waals surface area contributed by atoms with Crippen molar-refractivity contribution in [2.75, 3.05) is 15.8 Å². The molecule has 1 saturated carbocycles. The number of pyridine rings is 1. The molecule has 1 aromatic heterocycles. The first-order valence-electron chi connectivity index (χ1n) is 5.28. The minimum absolute atomic E-state index is 0.0843. The highest BCUT2D eigenvalue weighted by Gasteiger charge is 2.37. The fraction of sp³-hybridized carbons (Fsp3) is 0.500. The van der Waals surface area contributed by atoms with Crippen LogP contribution in [0.2, 0.25) is 0 Å². The van der Waals surface area contributed by atoms with Gasteiger partial charge in [0.25, 0.3) is 0 Å². The average molecular weight is 241 g/mol. The van der Waals surface area contributed by atoms with Gasteiger partial charge in [-0.15, -0.1) is 0 Å². The Morgan fingerprint density at radius 2 is 2.19 bits per heavy atom. The lowest BCUT2D eigenvalue weighted by molar-refractivity contribution is 0.591. The zero-order chi connectivity index (χ0) is 11.8. The number of rotatable bonds is 4. The summed E-state index contributed by atoms with van der Waals surface area (Å²) < 4.78 is 25.3. The highest BCUT2D eigenvalue weighted by atomic mass is 32.2. The first-order valence-corrected chi connectivity index (χ1v) is 6.89. The van der Waals surface area contributed by atoms with E-state index in [1.54, 1.807) is 19.1 Å². The van der Waals surface area contributed by atoms with E-state index in [-0.39, 0.29) is 11.8 Å². The second-order valence-corrected chi connectivity index (χ2v) is 6.01. The zero-order valence-corrected chi connectivity index (χ0v) is 9.94. The number of sulfonamides is 1. The molecule has 0 bridgehead atoms. The summed E-state index contributed by atoms with van der Waals surface area (Å²) in [6, 6.07) is 3.41. The van der Waals surface area contributed by atoms with Gasteiger partial charge in [-0.1, -0.05) is 0 Å². The fourth-order valence-corrected chi connectivity index (χ4v) is 2.87. The first kappa shape index (κ1) is 11.2. The summed E-state index contributed by atoms with van der Waals surface area (Å²) in [6.45, 7) is 1.64. The highest BCUT2D eigenvalue weighted by Crippen LogP contribution is 2.33. The molecule has 2 rings (SSSR count). The molecule has 1 aliphatic carbocycles. The van der Waals surface area contributed by atoms with E-state index in [2.05, 4.69) is 4.98 Å². The van der Waals surface area contributed by atoms with Crippen molar-refractivity contribution in [2.45, 2.75) is 25.8 Å². The van der Waals surface area contributed by atoms with E-state index in [9.17, 15) is 8.42 Å². The summed E-state index contributed by atoms with van der Waals surface area (Å²) >= 11 is 0. The van der Waals surface area contributed by atoms with Crippen LogP contribution in [0.25, 0.3) is 0 Å². The predicted octanol–water partition coefficient (Wildman–Crippen LogP) is 0.982. The van der Waals surface area contributed by atoms with Gasteiger partial charge in [0.15, 0.2) is 0 Å². The number of anilines is 2. The summed E-state index contributed by atoms with van der Waals surface area (Å²) in [5.74, 6) is 0.564. The Morgan fingerprint density at radius 3 is 2.62 bits per heavy atom. The smallest absolute Gasteiger partial charge is 0.236 e. The molecule has 0 unspecified atom stereocenters. The topological polar surface area (TPSA) is 76.3 Å². The van der Waals surface area contributed by atoms with E-state index in [0.29, 0.717) is 11.5 Å². The molecule has 2 N–H and O–H groups in total. The molecule has 0 saturated heterocycles. The second kappa shape index (κ2) is 3.93. The van der Waals surface area contributed by atoms with Gasteiger partial charge in [0.05, 0.1) is 17.6 Å². The summed E-state index contributed by atoms with van der Waals surface area (Å²) in [6.07, 6.45) is 3.30. The Balaban J connectivity index is 2.37. The van der Waals surface area contributed by atoms with Crippen molar-refractivity contribution < 1.29 is 8.42 Å². The molecule has 0 atom stereocenters. The van der Waals surface area contributed by atoms with Crippen LogP contribution in [-0.2, 0) is 10.0 Å². The molecular weight excluding hydrogens is 226 g/mol. The zero-order valence-electron chi connectivity index (χ0n) is 9.13.